The highest BCUT2D eigenvalue weighted by Gasteiger charge is 2.10. The van der Waals surface area contributed by atoms with Gasteiger partial charge >= 0.3 is 0 Å². The van der Waals surface area contributed by atoms with Crippen LogP contribution in [-0.4, -0.2) is 25.1 Å². The van der Waals surface area contributed by atoms with Crippen molar-refractivity contribution in [3.05, 3.63) is 36.2 Å². The van der Waals surface area contributed by atoms with Crippen LogP contribution in [0.4, 0.5) is 0 Å². The molecule has 84 valence electrons. The van der Waals surface area contributed by atoms with E-state index < -0.39 is 0 Å². The van der Waals surface area contributed by atoms with E-state index in [-0.39, 0.29) is 5.78 Å². The molecule has 0 radical (unpaired) electrons. The van der Waals surface area contributed by atoms with E-state index in [2.05, 4.69) is 10.1 Å². The summed E-state index contributed by atoms with van der Waals surface area (Å²) < 4.78 is 3.57. The van der Waals surface area contributed by atoms with Gasteiger partial charge in [-0.3, -0.25) is 9.48 Å². The number of carbonyl (C=O) groups is 1. The molecule has 2 aromatic rings. The molecule has 0 unspecified atom stereocenters. The van der Waals surface area contributed by atoms with Crippen LogP contribution < -0.4 is 0 Å². The zero-order chi connectivity index (χ0) is 11.5. The molecule has 0 aromatic carbocycles. The van der Waals surface area contributed by atoms with Gasteiger partial charge < -0.3 is 4.57 Å². The molecule has 0 amide bonds. The number of rotatable bonds is 4. The van der Waals surface area contributed by atoms with Gasteiger partial charge in [-0.15, -0.1) is 0 Å². The van der Waals surface area contributed by atoms with Gasteiger partial charge in [-0.2, -0.15) is 5.10 Å². The number of aromatic nitrogens is 4. The quantitative estimate of drug-likeness (QED) is 0.721. The summed E-state index contributed by atoms with van der Waals surface area (Å²) in [5.41, 5.74) is 1.43. The van der Waals surface area contributed by atoms with Gasteiger partial charge in [0.1, 0.15) is 5.69 Å². The fourth-order valence-electron chi connectivity index (χ4n) is 1.50. The second-order valence-electron chi connectivity index (χ2n) is 3.73. The number of hydrogen-bond acceptors (Lipinski definition) is 3. The topological polar surface area (TPSA) is 52.7 Å². The Balaban J connectivity index is 2.07. The average molecular weight is 218 g/mol. The first-order valence-electron chi connectivity index (χ1n) is 5.21. The van der Waals surface area contributed by atoms with E-state index in [1.54, 1.807) is 28.0 Å². The zero-order valence-corrected chi connectivity index (χ0v) is 9.42. The lowest BCUT2D eigenvalue weighted by Crippen LogP contribution is -2.03. The summed E-state index contributed by atoms with van der Waals surface area (Å²) >= 11 is 0. The Morgan fingerprint density at radius 1 is 1.44 bits per heavy atom. The fourth-order valence-corrected chi connectivity index (χ4v) is 1.50. The van der Waals surface area contributed by atoms with Crippen molar-refractivity contribution in [3.63, 3.8) is 0 Å². The van der Waals surface area contributed by atoms with Crippen LogP contribution in [0.3, 0.4) is 0 Å². The number of nitrogens with zero attached hydrogens (tertiary/aromatic N) is 4. The lowest BCUT2D eigenvalue weighted by Gasteiger charge is -1.94. The molecule has 2 rings (SSSR count). The maximum absolute atomic E-state index is 11.8. The summed E-state index contributed by atoms with van der Waals surface area (Å²) in [6, 6.07) is 0. The van der Waals surface area contributed by atoms with Crippen molar-refractivity contribution in [3.8, 4) is 0 Å². The molecule has 0 atom stereocenters. The molecule has 2 aromatic heterocycles. The lowest BCUT2D eigenvalue weighted by molar-refractivity contribution is 0.0988. The van der Waals surface area contributed by atoms with Crippen molar-refractivity contribution in [1.29, 1.82) is 0 Å². The predicted octanol–water partition coefficient (Wildman–Crippen LogP) is 1.06. The molecule has 0 aliphatic heterocycles. The Kier molecular flexibility index (Phi) is 2.85. The van der Waals surface area contributed by atoms with Crippen molar-refractivity contribution in [1.82, 2.24) is 19.3 Å². The average Bonchev–Trinajstić information content (AvgIpc) is 2.87. The Hall–Kier alpha value is -1.91. The minimum atomic E-state index is 0.0243. The predicted molar refractivity (Wildman–Crippen MR) is 59.1 cm³/mol. The molecule has 0 bridgehead atoms. The third kappa shape index (κ3) is 2.18. The van der Waals surface area contributed by atoms with E-state index in [1.807, 2.05) is 20.2 Å². The van der Waals surface area contributed by atoms with Crippen LogP contribution >= 0.6 is 0 Å². The first-order chi connectivity index (χ1) is 7.69. The van der Waals surface area contributed by atoms with Crippen LogP contribution in [0, 0.1) is 0 Å². The van der Waals surface area contributed by atoms with Crippen LogP contribution in [0.25, 0.3) is 0 Å². The molecule has 0 fully saturated rings. The molecule has 0 aliphatic rings. The monoisotopic (exact) mass is 218 g/mol. The smallest absolute Gasteiger partial charge is 0.187 e. The van der Waals surface area contributed by atoms with Crippen molar-refractivity contribution in [2.45, 2.75) is 19.9 Å². The Labute approximate surface area is 93.7 Å². The van der Waals surface area contributed by atoms with E-state index >= 15 is 0 Å². The minimum Gasteiger partial charge on any atom is -0.340 e. The minimum absolute atomic E-state index is 0.0243. The molecule has 5 nitrogen and oxygen atoms in total. The SMILES string of the molecule is CCn1cc(CC(=O)c2cn(C)cn2)cn1. The van der Waals surface area contributed by atoms with Gasteiger partial charge in [-0.1, -0.05) is 0 Å². The number of imidazole rings is 1. The maximum atomic E-state index is 11.8. The number of ketones is 1. The molecule has 0 aliphatic carbocycles. The lowest BCUT2D eigenvalue weighted by atomic mass is 10.1. The van der Waals surface area contributed by atoms with Gasteiger partial charge in [0.2, 0.25) is 0 Å². The number of carbonyl (C=O) groups excluding carboxylic acids is 1. The molecule has 0 N–H and O–H groups in total. The van der Waals surface area contributed by atoms with Gasteiger partial charge in [0.25, 0.3) is 0 Å². The second-order valence-corrected chi connectivity index (χ2v) is 3.73. The number of Topliss-reactive ketones (excluding diaryl/α,β-unsaturated/α-hetero) is 1. The molecule has 0 saturated carbocycles. The van der Waals surface area contributed by atoms with Crippen molar-refractivity contribution >= 4 is 5.78 Å². The van der Waals surface area contributed by atoms with Crippen LogP contribution in [0.2, 0.25) is 0 Å². The van der Waals surface area contributed by atoms with Crippen LogP contribution in [-0.2, 0) is 20.0 Å². The third-order valence-corrected chi connectivity index (χ3v) is 2.37. The number of hydrogen-bond donors (Lipinski definition) is 0. The summed E-state index contributed by atoms with van der Waals surface area (Å²) in [6.07, 6.45) is 7.33. The van der Waals surface area contributed by atoms with Crippen molar-refractivity contribution in [2.75, 3.05) is 0 Å². The first-order valence-corrected chi connectivity index (χ1v) is 5.21. The van der Waals surface area contributed by atoms with Crippen molar-refractivity contribution < 1.29 is 4.79 Å². The van der Waals surface area contributed by atoms with Gasteiger partial charge in [0.15, 0.2) is 5.78 Å². The second kappa shape index (κ2) is 4.30. The van der Waals surface area contributed by atoms with Crippen molar-refractivity contribution in [2.24, 2.45) is 7.05 Å². The molecule has 16 heavy (non-hydrogen) atoms. The standard InChI is InChI=1S/C11H14N4O/c1-3-15-6-9(5-13-15)4-11(16)10-7-14(2)8-12-10/h5-8H,3-4H2,1-2H3. The van der Waals surface area contributed by atoms with Crippen LogP contribution in [0.1, 0.15) is 23.0 Å². The summed E-state index contributed by atoms with van der Waals surface area (Å²) in [6.45, 7) is 2.83. The molecule has 0 spiro atoms. The third-order valence-electron chi connectivity index (χ3n) is 2.37. The van der Waals surface area contributed by atoms with E-state index in [0.717, 1.165) is 12.1 Å². The van der Waals surface area contributed by atoms with Gasteiger partial charge in [-0.05, 0) is 12.5 Å². The Morgan fingerprint density at radius 2 is 2.25 bits per heavy atom. The van der Waals surface area contributed by atoms with Crippen LogP contribution in [0.15, 0.2) is 24.9 Å². The molecule has 2 heterocycles. The number of aryl methyl sites for hydroxylation is 2. The molecular formula is C11H14N4O. The largest absolute Gasteiger partial charge is 0.340 e. The van der Waals surface area contributed by atoms with Gasteiger partial charge in [0, 0.05) is 32.4 Å². The summed E-state index contributed by atoms with van der Waals surface area (Å²) in [7, 11) is 1.85. The molecule has 5 heteroatoms. The van der Waals surface area contributed by atoms with Gasteiger partial charge in [-0.25, -0.2) is 4.98 Å². The normalized spacial score (nSPS) is 10.6. The summed E-state index contributed by atoms with van der Waals surface area (Å²) in [4.78, 5) is 15.8. The Bertz CT molecular complexity index is 498. The van der Waals surface area contributed by atoms with E-state index in [4.69, 9.17) is 0 Å². The van der Waals surface area contributed by atoms with E-state index in [0.29, 0.717) is 12.1 Å². The summed E-state index contributed by atoms with van der Waals surface area (Å²) in [5.74, 6) is 0.0243. The molecular weight excluding hydrogens is 204 g/mol. The first kappa shape index (κ1) is 10.6. The van der Waals surface area contributed by atoms with E-state index in [1.165, 1.54) is 0 Å². The summed E-state index contributed by atoms with van der Waals surface area (Å²) in [5, 5.41) is 4.13. The zero-order valence-electron chi connectivity index (χ0n) is 9.42. The van der Waals surface area contributed by atoms with Crippen LogP contribution in [0.5, 0.6) is 0 Å². The highest BCUT2D eigenvalue weighted by Crippen LogP contribution is 2.05. The van der Waals surface area contributed by atoms with Gasteiger partial charge in [0.05, 0.1) is 12.5 Å². The highest BCUT2D eigenvalue weighted by molar-refractivity contribution is 5.95. The fraction of sp³-hybridized carbons (Fsp3) is 0.364. The Morgan fingerprint density at radius 3 is 2.81 bits per heavy atom. The molecule has 0 saturated heterocycles. The maximum Gasteiger partial charge on any atom is 0.187 e. The highest BCUT2D eigenvalue weighted by atomic mass is 16.1. The van der Waals surface area contributed by atoms with E-state index in [9.17, 15) is 4.79 Å².